The molecule has 2 N–H and O–H groups in total. The van der Waals surface area contributed by atoms with Crippen LogP contribution < -0.4 is 10.2 Å². The van der Waals surface area contributed by atoms with E-state index in [-0.39, 0.29) is 5.75 Å². The molecule has 17 heavy (non-hydrogen) atoms. The Morgan fingerprint density at radius 2 is 2.00 bits per heavy atom. The van der Waals surface area contributed by atoms with Crippen LogP contribution in [0.5, 0.6) is 5.75 Å². The van der Waals surface area contributed by atoms with E-state index in [0.717, 1.165) is 37.3 Å². The second-order valence-corrected chi connectivity index (χ2v) is 4.24. The molecule has 4 heteroatoms. The van der Waals surface area contributed by atoms with Gasteiger partial charge >= 0.3 is 0 Å². The van der Waals surface area contributed by atoms with Gasteiger partial charge in [0.15, 0.2) is 0 Å². The third-order valence-corrected chi connectivity index (χ3v) is 3.18. The Hall–Kier alpha value is -1.81. The van der Waals surface area contributed by atoms with Gasteiger partial charge in [-0.15, -0.1) is 0 Å². The van der Waals surface area contributed by atoms with Crippen molar-refractivity contribution in [3.05, 3.63) is 30.5 Å². The first kappa shape index (κ1) is 10.4. The number of nitrogens with one attached hydrogen (secondary N) is 1. The van der Waals surface area contributed by atoms with E-state index < -0.39 is 0 Å². The van der Waals surface area contributed by atoms with Crippen molar-refractivity contribution in [1.82, 2.24) is 10.3 Å². The van der Waals surface area contributed by atoms with E-state index in [2.05, 4.69) is 15.2 Å². The van der Waals surface area contributed by atoms with Crippen LogP contribution in [0, 0.1) is 0 Å². The zero-order valence-corrected chi connectivity index (χ0v) is 9.56. The van der Waals surface area contributed by atoms with Crippen LogP contribution in [0.3, 0.4) is 0 Å². The second kappa shape index (κ2) is 4.22. The third-order valence-electron chi connectivity index (χ3n) is 3.18. The molecule has 1 saturated heterocycles. The lowest BCUT2D eigenvalue weighted by atomic mass is 10.1. The molecule has 0 aliphatic carbocycles. The van der Waals surface area contributed by atoms with Gasteiger partial charge in [-0.3, -0.25) is 4.98 Å². The number of fused-ring (bicyclic) bond motifs is 1. The summed E-state index contributed by atoms with van der Waals surface area (Å²) in [5.74, 6) is 0.250. The summed E-state index contributed by atoms with van der Waals surface area (Å²) in [5.41, 5.74) is 1.84. The molecule has 0 amide bonds. The molecule has 1 aliphatic rings. The van der Waals surface area contributed by atoms with Crippen LogP contribution in [0.1, 0.15) is 0 Å². The van der Waals surface area contributed by atoms with Crippen molar-refractivity contribution in [2.45, 2.75) is 0 Å². The van der Waals surface area contributed by atoms with Crippen molar-refractivity contribution in [1.29, 1.82) is 0 Å². The van der Waals surface area contributed by atoms with E-state index in [9.17, 15) is 5.11 Å². The summed E-state index contributed by atoms with van der Waals surface area (Å²) in [4.78, 5) is 6.58. The number of rotatable bonds is 1. The molecular formula is C13H15N3O. The molecule has 2 heterocycles. The predicted octanol–water partition coefficient (Wildman–Crippen LogP) is 1.35. The molecule has 0 spiro atoms. The van der Waals surface area contributed by atoms with Gasteiger partial charge in [-0.25, -0.2) is 0 Å². The van der Waals surface area contributed by atoms with E-state index in [4.69, 9.17) is 0 Å². The Balaban J connectivity index is 2.12. The van der Waals surface area contributed by atoms with Gasteiger partial charge in [-0.05, 0) is 12.1 Å². The number of aromatic nitrogens is 1. The lowest BCUT2D eigenvalue weighted by Gasteiger charge is -2.30. The normalized spacial score (nSPS) is 16.4. The Labute approximate surface area is 99.9 Å². The molecule has 4 nitrogen and oxygen atoms in total. The Bertz CT molecular complexity index is 535. The van der Waals surface area contributed by atoms with Gasteiger partial charge in [0.25, 0.3) is 0 Å². The van der Waals surface area contributed by atoms with Crippen molar-refractivity contribution in [3.8, 4) is 5.75 Å². The smallest absolute Gasteiger partial charge is 0.141 e. The fourth-order valence-corrected chi connectivity index (χ4v) is 2.33. The summed E-state index contributed by atoms with van der Waals surface area (Å²) in [5, 5.41) is 14.2. The van der Waals surface area contributed by atoms with E-state index >= 15 is 0 Å². The van der Waals surface area contributed by atoms with Gasteiger partial charge < -0.3 is 15.3 Å². The summed E-state index contributed by atoms with van der Waals surface area (Å²) < 4.78 is 0. The van der Waals surface area contributed by atoms with Crippen LogP contribution in [0.2, 0.25) is 0 Å². The number of phenols is 1. The number of aromatic hydroxyl groups is 1. The molecule has 1 aromatic carbocycles. The Kier molecular flexibility index (Phi) is 2.57. The van der Waals surface area contributed by atoms with E-state index in [1.807, 2.05) is 18.2 Å². The molecule has 88 valence electrons. The number of piperazine rings is 1. The monoisotopic (exact) mass is 229 g/mol. The number of benzene rings is 1. The molecule has 2 aromatic rings. The molecular weight excluding hydrogens is 214 g/mol. The molecule has 1 fully saturated rings. The second-order valence-electron chi connectivity index (χ2n) is 4.24. The summed E-state index contributed by atoms with van der Waals surface area (Å²) in [6, 6.07) is 7.58. The average molecular weight is 229 g/mol. The zero-order valence-electron chi connectivity index (χ0n) is 9.56. The third kappa shape index (κ3) is 1.80. The highest BCUT2D eigenvalue weighted by atomic mass is 16.3. The minimum Gasteiger partial charge on any atom is -0.506 e. The number of phenolic OH excluding ortho intramolecular Hbond substituents is 1. The van der Waals surface area contributed by atoms with Crippen molar-refractivity contribution < 1.29 is 5.11 Å². The number of hydrogen-bond donors (Lipinski definition) is 2. The maximum Gasteiger partial charge on any atom is 0.141 e. The first-order valence-electron chi connectivity index (χ1n) is 5.88. The summed E-state index contributed by atoms with van der Waals surface area (Å²) >= 11 is 0. The molecule has 3 rings (SSSR count). The lowest BCUT2D eigenvalue weighted by Crippen LogP contribution is -2.43. The SMILES string of the molecule is Oc1cccc2c(N3CCNCC3)ccnc12. The molecule has 0 atom stereocenters. The number of hydrogen-bond acceptors (Lipinski definition) is 4. The van der Waals surface area contributed by atoms with Crippen molar-refractivity contribution in [2.75, 3.05) is 31.1 Å². The van der Waals surface area contributed by atoms with Crippen LogP contribution in [0.4, 0.5) is 5.69 Å². The van der Waals surface area contributed by atoms with Gasteiger partial charge in [0.2, 0.25) is 0 Å². The van der Waals surface area contributed by atoms with Gasteiger partial charge in [-0.1, -0.05) is 12.1 Å². The highest BCUT2D eigenvalue weighted by molar-refractivity contribution is 5.94. The highest BCUT2D eigenvalue weighted by Gasteiger charge is 2.14. The standard InChI is InChI=1S/C13H15N3O/c17-12-3-1-2-10-11(4-5-15-13(10)12)16-8-6-14-7-9-16/h1-5,14,17H,6-9H2. The largest absolute Gasteiger partial charge is 0.506 e. The van der Waals surface area contributed by atoms with Crippen LogP contribution in [-0.4, -0.2) is 36.3 Å². The molecule has 0 radical (unpaired) electrons. The first-order chi connectivity index (χ1) is 8.36. The van der Waals surface area contributed by atoms with Crippen molar-refractivity contribution in [2.24, 2.45) is 0 Å². The maximum atomic E-state index is 9.80. The van der Waals surface area contributed by atoms with E-state index in [0.29, 0.717) is 5.52 Å². The Morgan fingerprint density at radius 1 is 1.18 bits per heavy atom. The minimum absolute atomic E-state index is 0.250. The summed E-state index contributed by atoms with van der Waals surface area (Å²) in [6.07, 6.45) is 1.76. The topological polar surface area (TPSA) is 48.4 Å². The lowest BCUT2D eigenvalue weighted by molar-refractivity contribution is 0.480. The highest BCUT2D eigenvalue weighted by Crippen LogP contribution is 2.30. The van der Waals surface area contributed by atoms with Crippen LogP contribution in [0.15, 0.2) is 30.5 Å². The first-order valence-corrected chi connectivity index (χ1v) is 5.88. The average Bonchev–Trinajstić information content (AvgIpc) is 2.40. The molecule has 0 saturated carbocycles. The molecule has 0 unspecified atom stereocenters. The summed E-state index contributed by atoms with van der Waals surface area (Å²) in [6.45, 7) is 3.99. The van der Waals surface area contributed by atoms with Crippen molar-refractivity contribution in [3.63, 3.8) is 0 Å². The van der Waals surface area contributed by atoms with Crippen molar-refractivity contribution >= 4 is 16.6 Å². The molecule has 0 bridgehead atoms. The van der Waals surface area contributed by atoms with Crippen LogP contribution in [-0.2, 0) is 0 Å². The van der Waals surface area contributed by atoms with E-state index in [1.165, 1.54) is 0 Å². The fourth-order valence-electron chi connectivity index (χ4n) is 2.33. The quantitative estimate of drug-likeness (QED) is 0.775. The maximum absolute atomic E-state index is 9.80. The number of anilines is 1. The van der Waals surface area contributed by atoms with Crippen LogP contribution in [0.25, 0.3) is 10.9 Å². The van der Waals surface area contributed by atoms with Crippen LogP contribution >= 0.6 is 0 Å². The summed E-state index contributed by atoms with van der Waals surface area (Å²) in [7, 11) is 0. The number of pyridine rings is 1. The van der Waals surface area contributed by atoms with Gasteiger partial charge in [-0.2, -0.15) is 0 Å². The number of nitrogens with zero attached hydrogens (tertiary/aromatic N) is 2. The predicted molar refractivity (Wildman–Crippen MR) is 68.5 cm³/mol. The fraction of sp³-hybridized carbons (Fsp3) is 0.308. The molecule has 1 aromatic heterocycles. The van der Waals surface area contributed by atoms with Gasteiger partial charge in [0.05, 0.1) is 0 Å². The van der Waals surface area contributed by atoms with Gasteiger partial charge in [0, 0.05) is 43.4 Å². The molecule has 1 aliphatic heterocycles. The Morgan fingerprint density at radius 3 is 2.82 bits per heavy atom. The minimum atomic E-state index is 0.250. The zero-order chi connectivity index (χ0) is 11.7. The number of para-hydroxylation sites is 1. The van der Waals surface area contributed by atoms with Gasteiger partial charge in [0.1, 0.15) is 11.3 Å². The van der Waals surface area contributed by atoms with E-state index in [1.54, 1.807) is 12.3 Å².